The molecule has 0 fully saturated rings. The van der Waals surface area contributed by atoms with E-state index in [1.54, 1.807) is 12.1 Å². The molecule has 0 spiro atoms. The first-order valence-electron chi connectivity index (χ1n) is 6.62. The van der Waals surface area contributed by atoms with E-state index in [0.29, 0.717) is 12.0 Å². The summed E-state index contributed by atoms with van der Waals surface area (Å²) in [5.74, 6) is 0.868. The molecule has 1 atom stereocenters. The zero-order chi connectivity index (χ0) is 14.4. The van der Waals surface area contributed by atoms with Crippen molar-refractivity contribution in [2.45, 2.75) is 39.7 Å². The number of nitrogens with one attached hydrogen (secondary N) is 1. The molecule has 1 aromatic carbocycles. The van der Waals surface area contributed by atoms with Crippen LogP contribution in [0, 0.1) is 16.0 Å². The topological polar surface area (TPSA) is 64.4 Å². The number of methoxy groups -OCH3 is 1. The van der Waals surface area contributed by atoms with E-state index in [0.717, 1.165) is 18.5 Å². The molecule has 0 aliphatic heterocycles. The van der Waals surface area contributed by atoms with Crippen molar-refractivity contribution in [1.82, 2.24) is 0 Å². The number of hydrogen-bond acceptors (Lipinski definition) is 4. The van der Waals surface area contributed by atoms with Crippen molar-refractivity contribution in [3.05, 3.63) is 28.3 Å². The van der Waals surface area contributed by atoms with Crippen molar-refractivity contribution in [3.8, 4) is 5.75 Å². The number of ether oxygens (including phenoxy) is 1. The maximum absolute atomic E-state index is 10.8. The zero-order valence-electron chi connectivity index (χ0n) is 12.0. The van der Waals surface area contributed by atoms with Crippen molar-refractivity contribution in [1.29, 1.82) is 0 Å². The number of benzene rings is 1. The Balaban J connectivity index is 2.88. The monoisotopic (exact) mass is 266 g/mol. The minimum atomic E-state index is -0.438. The molecular weight excluding hydrogens is 244 g/mol. The fourth-order valence-corrected chi connectivity index (χ4v) is 2.29. The molecule has 19 heavy (non-hydrogen) atoms. The molecule has 5 heteroatoms. The van der Waals surface area contributed by atoms with Gasteiger partial charge in [0.2, 0.25) is 0 Å². The highest BCUT2D eigenvalue weighted by Crippen LogP contribution is 2.30. The lowest BCUT2D eigenvalue weighted by Crippen LogP contribution is -2.24. The van der Waals surface area contributed by atoms with Crippen LogP contribution in [0.2, 0.25) is 0 Å². The average Bonchev–Trinajstić information content (AvgIpc) is 2.39. The van der Waals surface area contributed by atoms with Gasteiger partial charge in [0.1, 0.15) is 0 Å². The van der Waals surface area contributed by atoms with Gasteiger partial charge < -0.3 is 10.1 Å². The summed E-state index contributed by atoms with van der Waals surface area (Å²) in [5, 5.41) is 14.2. The number of nitro benzene ring substituents is 1. The largest absolute Gasteiger partial charge is 0.490 e. The molecule has 0 saturated carbocycles. The molecule has 1 aromatic rings. The summed E-state index contributed by atoms with van der Waals surface area (Å²) in [7, 11) is 1.44. The summed E-state index contributed by atoms with van der Waals surface area (Å²) in [4.78, 5) is 10.4. The second-order valence-corrected chi connectivity index (χ2v) is 4.65. The molecule has 0 amide bonds. The summed E-state index contributed by atoms with van der Waals surface area (Å²) in [6.45, 7) is 6.47. The van der Waals surface area contributed by atoms with Crippen LogP contribution in [0.15, 0.2) is 18.2 Å². The van der Waals surface area contributed by atoms with Crippen LogP contribution >= 0.6 is 0 Å². The lowest BCUT2D eigenvalue weighted by atomic mass is 9.95. The third kappa shape index (κ3) is 3.84. The Morgan fingerprint density at radius 1 is 1.37 bits per heavy atom. The minimum Gasteiger partial charge on any atom is -0.490 e. The van der Waals surface area contributed by atoms with E-state index in [1.165, 1.54) is 13.2 Å². The van der Waals surface area contributed by atoms with Gasteiger partial charge in [0.05, 0.1) is 12.0 Å². The molecule has 106 valence electrons. The Bertz CT molecular complexity index is 431. The molecule has 0 bridgehead atoms. The first-order chi connectivity index (χ1) is 9.03. The summed E-state index contributed by atoms with van der Waals surface area (Å²) < 4.78 is 5.06. The van der Waals surface area contributed by atoms with Crippen LogP contribution in [0.1, 0.15) is 33.6 Å². The minimum absolute atomic E-state index is 0.0109. The number of rotatable bonds is 7. The van der Waals surface area contributed by atoms with Crippen LogP contribution in [-0.2, 0) is 0 Å². The van der Waals surface area contributed by atoms with Gasteiger partial charge in [-0.05, 0) is 18.9 Å². The fourth-order valence-electron chi connectivity index (χ4n) is 2.29. The van der Waals surface area contributed by atoms with Crippen LogP contribution in [-0.4, -0.2) is 18.1 Å². The highest BCUT2D eigenvalue weighted by molar-refractivity contribution is 5.58. The third-order valence-corrected chi connectivity index (χ3v) is 3.53. The summed E-state index contributed by atoms with van der Waals surface area (Å²) in [6, 6.07) is 5.19. The normalized spacial score (nSPS) is 12.3. The van der Waals surface area contributed by atoms with Gasteiger partial charge in [-0.15, -0.1) is 0 Å². The van der Waals surface area contributed by atoms with Gasteiger partial charge in [0.25, 0.3) is 0 Å². The second kappa shape index (κ2) is 6.97. The molecule has 0 saturated heterocycles. The second-order valence-electron chi connectivity index (χ2n) is 4.65. The highest BCUT2D eigenvalue weighted by Gasteiger charge is 2.17. The van der Waals surface area contributed by atoms with Crippen molar-refractivity contribution in [2.75, 3.05) is 12.4 Å². The van der Waals surface area contributed by atoms with Crippen molar-refractivity contribution < 1.29 is 9.66 Å². The number of nitrogens with zero attached hydrogens (tertiary/aromatic N) is 1. The molecule has 0 radical (unpaired) electrons. The maximum Gasteiger partial charge on any atom is 0.311 e. The van der Waals surface area contributed by atoms with Crippen LogP contribution in [0.4, 0.5) is 11.4 Å². The summed E-state index contributed by atoms with van der Waals surface area (Å²) in [5.41, 5.74) is 0.838. The van der Waals surface area contributed by atoms with Crippen molar-refractivity contribution in [3.63, 3.8) is 0 Å². The Hall–Kier alpha value is -1.78. The number of hydrogen-bond donors (Lipinski definition) is 1. The predicted octanol–water partition coefficient (Wildman–Crippen LogP) is 3.84. The molecular formula is C14H22N2O3. The van der Waals surface area contributed by atoms with Crippen molar-refractivity contribution >= 4 is 11.4 Å². The third-order valence-electron chi connectivity index (χ3n) is 3.53. The Labute approximate surface area is 114 Å². The Kier molecular flexibility index (Phi) is 5.60. The predicted molar refractivity (Wildman–Crippen MR) is 76.8 cm³/mol. The molecule has 0 aliphatic rings. The van der Waals surface area contributed by atoms with Gasteiger partial charge in [0, 0.05) is 23.9 Å². The molecule has 1 unspecified atom stereocenters. The van der Waals surface area contributed by atoms with E-state index in [4.69, 9.17) is 4.74 Å². The van der Waals surface area contributed by atoms with Gasteiger partial charge in [0.15, 0.2) is 5.75 Å². The standard InChI is InChI=1S/C14H22N2O3/c1-5-11(6-2)10(3)15-12-7-8-13(16(17)18)14(9-12)19-4/h7-11,15H,5-6H2,1-4H3. The average molecular weight is 266 g/mol. The molecule has 5 nitrogen and oxygen atoms in total. The number of anilines is 1. The molecule has 0 aromatic heterocycles. The van der Waals surface area contributed by atoms with Gasteiger partial charge in [-0.2, -0.15) is 0 Å². The maximum atomic E-state index is 10.8. The first-order valence-corrected chi connectivity index (χ1v) is 6.62. The van der Waals surface area contributed by atoms with E-state index in [9.17, 15) is 10.1 Å². The lowest BCUT2D eigenvalue weighted by Gasteiger charge is -2.23. The molecule has 1 N–H and O–H groups in total. The van der Waals surface area contributed by atoms with Crippen LogP contribution in [0.3, 0.4) is 0 Å². The van der Waals surface area contributed by atoms with Gasteiger partial charge in [-0.3, -0.25) is 10.1 Å². The van der Waals surface area contributed by atoms with Crippen LogP contribution in [0.5, 0.6) is 5.75 Å². The number of nitro groups is 1. The van der Waals surface area contributed by atoms with Crippen LogP contribution < -0.4 is 10.1 Å². The summed E-state index contributed by atoms with van der Waals surface area (Å²) >= 11 is 0. The SMILES string of the molecule is CCC(CC)C(C)Nc1ccc([N+](=O)[O-])c(OC)c1. The van der Waals surface area contributed by atoms with E-state index in [-0.39, 0.29) is 11.4 Å². The van der Waals surface area contributed by atoms with Crippen molar-refractivity contribution in [2.24, 2.45) is 5.92 Å². The zero-order valence-corrected chi connectivity index (χ0v) is 12.0. The van der Waals surface area contributed by atoms with E-state index in [2.05, 4.69) is 26.1 Å². The first kappa shape index (κ1) is 15.3. The van der Waals surface area contributed by atoms with Crippen LogP contribution in [0.25, 0.3) is 0 Å². The van der Waals surface area contributed by atoms with Gasteiger partial charge >= 0.3 is 5.69 Å². The summed E-state index contributed by atoms with van der Waals surface area (Å²) in [6.07, 6.45) is 2.21. The quantitative estimate of drug-likeness (QED) is 0.601. The Morgan fingerprint density at radius 2 is 2.00 bits per heavy atom. The molecule has 1 rings (SSSR count). The molecule has 0 aliphatic carbocycles. The van der Waals surface area contributed by atoms with E-state index >= 15 is 0 Å². The highest BCUT2D eigenvalue weighted by atomic mass is 16.6. The smallest absolute Gasteiger partial charge is 0.311 e. The Morgan fingerprint density at radius 3 is 2.47 bits per heavy atom. The van der Waals surface area contributed by atoms with E-state index in [1.807, 2.05) is 0 Å². The van der Waals surface area contributed by atoms with Gasteiger partial charge in [-0.25, -0.2) is 0 Å². The van der Waals surface area contributed by atoms with E-state index < -0.39 is 4.92 Å². The van der Waals surface area contributed by atoms with Gasteiger partial charge in [-0.1, -0.05) is 26.7 Å². The fraction of sp³-hybridized carbons (Fsp3) is 0.571. The lowest BCUT2D eigenvalue weighted by molar-refractivity contribution is -0.385. The molecule has 0 heterocycles.